The minimum atomic E-state index is -3.71. The Morgan fingerprint density at radius 3 is 2.10 bits per heavy atom. The van der Waals surface area contributed by atoms with Gasteiger partial charge in [0.2, 0.25) is 15.9 Å². The summed E-state index contributed by atoms with van der Waals surface area (Å²) in [4.78, 5) is 26.3. The molecule has 29 heavy (non-hydrogen) atoms. The smallest absolute Gasteiger partial charge is 0.244 e. The van der Waals surface area contributed by atoms with Gasteiger partial charge in [-0.2, -0.15) is 4.31 Å². The molecule has 1 amide bonds. The fourth-order valence-electron chi connectivity index (χ4n) is 3.13. The van der Waals surface area contributed by atoms with E-state index in [1.807, 2.05) is 0 Å². The molecule has 0 spiro atoms. The number of ketones is 1. The first-order valence-corrected chi connectivity index (χ1v) is 11.3. The van der Waals surface area contributed by atoms with Crippen LogP contribution in [0.1, 0.15) is 23.2 Å². The van der Waals surface area contributed by atoms with E-state index in [0.717, 1.165) is 0 Å². The highest BCUT2D eigenvalue weighted by Crippen LogP contribution is 2.25. The fourth-order valence-corrected chi connectivity index (χ4v) is 5.17. The van der Waals surface area contributed by atoms with Gasteiger partial charge >= 0.3 is 0 Å². The third kappa shape index (κ3) is 5.17. The number of rotatable bonds is 6. The topological polar surface area (TPSA) is 74.8 Å². The second kappa shape index (κ2) is 9.26. The Morgan fingerprint density at radius 1 is 0.862 bits per heavy atom. The molecule has 0 aliphatic carbocycles. The summed E-state index contributed by atoms with van der Waals surface area (Å²) in [7, 11) is -3.71. The number of piperazine rings is 1. The van der Waals surface area contributed by atoms with Crippen LogP contribution in [0.5, 0.6) is 0 Å². The van der Waals surface area contributed by atoms with E-state index >= 15 is 0 Å². The summed E-state index contributed by atoms with van der Waals surface area (Å²) < 4.78 is 26.9. The van der Waals surface area contributed by atoms with Gasteiger partial charge in [0.1, 0.15) is 4.90 Å². The Hall–Kier alpha value is -1.93. The standard InChI is InChI=1S/C20H20Cl2N2O4S/c21-16-7-5-15(6-8-16)18(25)9-10-20(26)23-11-13-24(14-12-23)29(27,28)19-4-2-1-3-17(19)22/h1-8H,9-14H2. The van der Waals surface area contributed by atoms with E-state index in [4.69, 9.17) is 23.2 Å². The van der Waals surface area contributed by atoms with Gasteiger partial charge in [0.15, 0.2) is 5.78 Å². The highest BCUT2D eigenvalue weighted by atomic mass is 35.5. The first-order chi connectivity index (χ1) is 13.8. The zero-order valence-corrected chi connectivity index (χ0v) is 17.9. The van der Waals surface area contributed by atoms with Crippen LogP contribution >= 0.6 is 23.2 Å². The molecule has 1 saturated heterocycles. The maximum absolute atomic E-state index is 12.8. The fraction of sp³-hybridized carbons (Fsp3) is 0.300. The molecule has 2 aromatic rings. The van der Waals surface area contributed by atoms with Crippen molar-refractivity contribution in [3.05, 3.63) is 64.1 Å². The lowest BCUT2D eigenvalue weighted by Crippen LogP contribution is -2.50. The molecule has 0 bridgehead atoms. The van der Waals surface area contributed by atoms with Crippen LogP contribution in [0.4, 0.5) is 0 Å². The number of Topliss-reactive ketones (excluding diaryl/α,β-unsaturated/α-hetero) is 1. The maximum Gasteiger partial charge on any atom is 0.244 e. The maximum atomic E-state index is 12.8. The van der Waals surface area contributed by atoms with Gasteiger partial charge in [-0.15, -0.1) is 0 Å². The minimum Gasteiger partial charge on any atom is -0.340 e. The van der Waals surface area contributed by atoms with Crippen molar-refractivity contribution >= 4 is 44.9 Å². The summed E-state index contributed by atoms with van der Waals surface area (Å²) in [6.07, 6.45) is 0.178. The highest BCUT2D eigenvalue weighted by Gasteiger charge is 2.31. The van der Waals surface area contributed by atoms with Gasteiger partial charge in [-0.3, -0.25) is 9.59 Å². The van der Waals surface area contributed by atoms with E-state index in [9.17, 15) is 18.0 Å². The van der Waals surface area contributed by atoms with Crippen molar-refractivity contribution in [1.82, 2.24) is 9.21 Å². The van der Waals surface area contributed by atoms with Gasteiger partial charge in [-0.05, 0) is 36.4 Å². The molecule has 0 radical (unpaired) electrons. The van der Waals surface area contributed by atoms with E-state index in [1.54, 1.807) is 41.3 Å². The predicted octanol–water partition coefficient (Wildman–Crippen LogP) is 3.49. The van der Waals surface area contributed by atoms with Crippen molar-refractivity contribution in [3.8, 4) is 0 Å². The molecule has 0 unspecified atom stereocenters. The summed E-state index contributed by atoms with van der Waals surface area (Å²) in [6, 6.07) is 12.8. The molecule has 154 valence electrons. The summed E-state index contributed by atoms with van der Waals surface area (Å²) in [5, 5.41) is 0.717. The van der Waals surface area contributed by atoms with Crippen LogP contribution in [-0.4, -0.2) is 55.5 Å². The number of nitrogens with zero attached hydrogens (tertiary/aromatic N) is 2. The monoisotopic (exact) mass is 454 g/mol. The van der Waals surface area contributed by atoms with E-state index < -0.39 is 10.0 Å². The van der Waals surface area contributed by atoms with Crippen LogP contribution in [0.2, 0.25) is 10.0 Å². The lowest BCUT2D eigenvalue weighted by atomic mass is 10.1. The molecule has 1 fully saturated rings. The average molecular weight is 455 g/mol. The summed E-state index contributed by atoms with van der Waals surface area (Å²) in [6.45, 7) is 0.921. The normalized spacial score (nSPS) is 15.3. The van der Waals surface area contributed by atoms with E-state index in [-0.39, 0.29) is 60.6 Å². The number of hydrogen-bond acceptors (Lipinski definition) is 4. The second-order valence-corrected chi connectivity index (χ2v) is 9.40. The lowest BCUT2D eigenvalue weighted by Gasteiger charge is -2.34. The number of benzene rings is 2. The largest absolute Gasteiger partial charge is 0.340 e. The van der Waals surface area contributed by atoms with Gasteiger partial charge in [0, 0.05) is 49.6 Å². The molecular weight excluding hydrogens is 435 g/mol. The van der Waals surface area contributed by atoms with Gasteiger partial charge in [-0.25, -0.2) is 8.42 Å². The van der Waals surface area contributed by atoms with E-state index in [1.165, 1.54) is 16.4 Å². The predicted molar refractivity (Wildman–Crippen MR) is 112 cm³/mol. The van der Waals surface area contributed by atoms with Crippen molar-refractivity contribution in [3.63, 3.8) is 0 Å². The van der Waals surface area contributed by atoms with Crippen LogP contribution in [-0.2, 0) is 14.8 Å². The molecule has 3 rings (SSSR count). The van der Waals surface area contributed by atoms with Crippen LogP contribution in [0.3, 0.4) is 0 Å². The summed E-state index contributed by atoms with van der Waals surface area (Å²) >= 11 is 11.8. The number of carbonyl (C=O) groups is 2. The number of amides is 1. The van der Waals surface area contributed by atoms with Gasteiger partial charge in [0.25, 0.3) is 0 Å². The van der Waals surface area contributed by atoms with Crippen molar-refractivity contribution in [2.45, 2.75) is 17.7 Å². The number of hydrogen-bond donors (Lipinski definition) is 0. The van der Waals surface area contributed by atoms with Crippen molar-refractivity contribution in [2.75, 3.05) is 26.2 Å². The Kier molecular flexibility index (Phi) is 6.95. The molecule has 0 aromatic heterocycles. The molecule has 1 aliphatic rings. The number of halogens is 2. The Balaban J connectivity index is 1.53. The minimum absolute atomic E-state index is 0.0648. The second-order valence-electron chi connectivity index (χ2n) is 6.65. The quantitative estimate of drug-likeness (QED) is 0.625. The molecule has 2 aromatic carbocycles. The van der Waals surface area contributed by atoms with E-state index in [2.05, 4.69) is 0 Å². The lowest BCUT2D eigenvalue weighted by molar-refractivity contribution is -0.132. The highest BCUT2D eigenvalue weighted by molar-refractivity contribution is 7.89. The Morgan fingerprint density at radius 2 is 1.48 bits per heavy atom. The van der Waals surface area contributed by atoms with Crippen LogP contribution in [0.15, 0.2) is 53.4 Å². The third-order valence-corrected chi connectivity index (χ3v) is 7.43. The first kappa shape index (κ1) is 21.8. The van der Waals surface area contributed by atoms with Gasteiger partial charge in [-0.1, -0.05) is 35.3 Å². The average Bonchev–Trinajstić information content (AvgIpc) is 2.72. The summed E-state index contributed by atoms with van der Waals surface area (Å²) in [5.41, 5.74) is 0.512. The first-order valence-electron chi connectivity index (χ1n) is 9.10. The number of carbonyl (C=O) groups excluding carboxylic acids is 2. The molecule has 0 atom stereocenters. The zero-order chi connectivity index (χ0) is 21.0. The molecule has 1 heterocycles. The zero-order valence-electron chi connectivity index (χ0n) is 15.6. The Labute approximate surface area is 180 Å². The molecule has 6 nitrogen and oxygen atoms in total. The molecular formula is C20H20Cl2N2O4S. The third-order valence-electron chi connectivity index (χ3n) is 4.78. The van der Waals surface area contributed by atoms with Crippen molar-refractivity contribution in [1.29, 1.82) is 0 Å². The van der Waals surface area contributed by atoms with Crippen LogP contribution in [0.25, 0.3) is 0 Å². The number of sulfonamides is 1. The van der Waals surface area contributed by atoms with Crippen molar-refractivity contribution in [2.24, 2.45) is 0 Å². The molecule has 0 saturated carbocycles. The Bertz CT molecular complexity index is 1000. The SMILES string of the molecule is O=C(CCC(=O)N1CCN(S(=O)(=O)c2ccccc2Cl)CC1)c1ccc(Cl)cc1. The van der Waals surface area contributed by atoms with E-state index in [0.29, 0.717) is 10.6 Å². The molecule has 0 N–H and O–H groups in total. The molecule has 1 aliphatic heterocycles. The van der Waals surface area contributed by atoms with Crippen molar-refractivity contribution < 1.29 is 18.0 Å². The van der Waals surface area contributed by atoms with Crippen LogP contribution in [0, 0.1) is 0 Å². The van der Waals surface area contributed by atoms with Crippen LogP contribution < -0.4 is 0 Å². The van der Waals surface area contributed by atoms with Gasteiger partial charge < -0.3 is 4.90 Å². The molecule has 9 heteroatoms. The van der Waals surface area contributed by atoms with Gasteiger partial charge in [0.05, 0.1) is 5.02 Å². The summed E-state index contributed by atoms with van der Waals surface area (Å²) in [5.74, 6) is -0.294.